The average molecular weight is 534 g/mol. The highest BCUT2D eigenvalue weighted by Gasteiger charge is 2.48. The van der Waals surface area contributed by atoms with E-state index in [0.717, 1.165) is 17.8 Å². The summed E-state index contributed by atoms with van der Waals surface area (Å²) in [5, 5.41) is 20.0. The topological polar surface area (TPSA) is 111 Å². The number of alkyl halides is 3. The third-order valence-corrected chi connectivity index (χ3v) is 6.93. The molecule has 0 aliphatic carbocycles. The van der Waals surface area contributed by atoms with Crippen LogP contribution in [-0.2, 0) is 17.4 Å². The molecule has 3 aromatic rings. The van der Waals surface area contributed by atoms with E-state index in [-0.39, 0.29) is 37.3 Å². The minimum atomic E-state index is -4.72. The van der Waals surface area contributed by atoms with Crippen LogP contribution in [0.15, 0.2) is 42.5 Å². The number of benzene rings is 1. The van der Waals surface area contributed by atoms with E-state index < -0.39 is 46.5 Å². The van der Waals surface area contributed by atoms with Crippen LogP contribution in [0.3, 0.4) is 0 Å². The van der Waals surface area contributed by atoms with Crippen LogP contribution in [0.1, 0.15) is 53.5 Å². The van der Waals surface area contributed by atoms with E-state index in [1.54, 1.807) is 19.9 Å². The largest absolute Gasteiger partial charge is 0.481 e. The molecule has 38 heavy (non-hydrogen) atoms. The first-order chi connectivity index (χ1) is 17.9. The Balaban J connectivity index is 1.59. The van der Waals surface area contributed by atoms with Crippen LogP contribution in [0.5, 0.6) is 0 Å². The van der Waals surface area contributed by atoms with Gasteiger partial charge in [-0.1, -0.05) is 19.1 Å². The van der Waals surface area contributed by atoms with Crippen molar-refractivity contribution >= 4 is 23.5 Å². The van der Waals surface area contributed by atoms with Gasteiger partial charge in [-0.25, -0.2) is 9.37 Å². The number of nitrogens with zero attached hydrogens (tertiary/aromatic N) is 3. The number of aromatic nitrogens is 3. The number of aryl methyl sites for hydroxylation is 1. The number of pyridine rings is 1. The zero-order valence-electron chi connectivity index (χ0n) is 20.8. The highest BCUT2D eigenvalue weighted by atomic mass is 19.4. The number of aliphatic carboxylic acids is 1. The maximum absolute atomic E-state index is 14.8. The minimum absolute atomic E-state index is 0.0594. The van der Waals surface area contributed by atoms with Gasteiger partial charge in [0.1, 0.15) is 11.6 Å². The average Bonchev–Trinajstić information content (AvgIpc) is 3.29. The Morgan fingerprint density at radius 1 is 1.21 bits per heavy atom. The number of nitrogens with one attached hydrogen (secondary N) is 2. The Labute approximate surface area is 216 Å². The number of carbonyl (C=O) groups excluding carboxylic acids is 1. The summed E-state index contributed by atoms with van der Waals surface area (Å²) in [7, 11) is 0. The number of rotatable bonds is 7. The second-order valence-corrected chi connectivity index (χ2v) is 9.51. The number of carboxylic acid groups (broad SMARTS) is 1. The highest BCUT2D eigenvalue weighted by molar-refractivity contribution is 5.96. The quantitative estimate of drug-likeness (QED) is 0.354. The van der Waals surface area contributed by atoms with Crippen LogP contribution in [0.2, 0.25) is 0 Å². The molecular formula is C26H27F4N5O3. The van der Waals surface area contributed by atoms with Gasteiger partial charge in [-0.05, 0) is 50.5 Å². The summed E-state index contributed by atoms with van der Waals surface area (Å²) in [6, 6.07) is 8.18. The normalized spacial score (nSPS) is 19.8. The van der Waals surface area contributed by atoms with Crippen molar-refractivity contribution in [3.8, 4) is 0 Å². The Bertz CT molecular complexity index is 1340. The first kappa shape index (κ1) is 27.1. The predicted molar refractivity (Wildman–Crippen MR) is 130 cm³/mol. The van der Waals surface area contributed by atoms with Crippen LogP contribution >= 0.6 is 0 Å². The minimum Gasteiger partial charge on any atom is -0.481 e. The van der Waals surface area contributed by atoms with Gasteiger partial charge in [0.05, 0.1) is 22.2 Å². The molecule has 4 rings (SSSR count). The fourth-order valence-electron chi connectivity index (χ4n) is 4.93. The molecule has 1 saturated heterocycles. The second-order valence-electron chi connectivity index (χ2n) is 9.51. The Hall–Kier alpha value is -3.96. The molecule has 0 spiro atoms. The van der Waals surface area contributed by atoms with Gasteiger partial charge in [-0.3, -0.25) is 14.7 Å². The maximum Gasteiger partial charge on any atom is 0.417 e. The van der Waals surface area contributed by atoms with Crippen molar-refractivity contribution in [1.82, 2.24) is 20.1 Å². The number of hydrogen-bond acceptors (Lipinski definition) is 5. The van der Waals surface area contributed by atoms with Crippen molar-refractivity contribution in [2.75, 3.05) is 11.9 Å². The van der Waals surface area contributed by atoms with Gasteiger partial charge in [0.2, 0.25) is 0 Å². The summed E-state index contributed by atoms with van der Waals surface area (Å²) in [5.74, 6) is -1.94. The number of amides is 1. The summed E-state index contributed by atoms with van der Waals surface area (Å²) in [4.78, 5) is 31.4. The van der Waals surface area contributed by atoms with Crippen molar-refractivity contribution in [3.63, 3.8) is 0 Å². The van der Waals surface area contributed by atoms with E-state index in [1.165, 1.54) is 29.2 Å². The first-order valence-corrected chi connectivity index (χ1v) is 12.1. The lowest BCUT2D eigenvalue weighted by atomic mass is 9.71. The van der Waals surface area contributed by atoms with E-state index >= 15 is 0 Å². The highest BCUT2D eigenvalue weighted by Crippen LogP contribution is 2.41. The third kappa shape index (κ3) is 5.48. The summed E-state index contributed by atoms with van der Waals surface area (Å²) in [6.07, 6.45) is -4.79. The molecule has 2 aromatic heterocycles. The molecular weight excluding hydrogens is 506 g/mol. The van der Waals surface area contributed by atoms with Crippen molar-refractivity contribution in [1.29, 1.82) is 0 Å². The molecule has 3 N–H and O–H groups in total. The van der Waals surface area contributed by atoms with Gasteiger partial charge in [-0.2, -0.15) is 18.3 Å². The molecule has 1 aliphatic rings. The zero-order valence-corrected chi connectivity index (χ0v) is 20.8. The summed E-state index contributed by atoms with van der Waals surface area (Å²) < 4.78 is 55.4. The monoisotopic (exact) mass is 533 g/mol. The van der Waals surface area contributed by atoms with E-state index in [1.807, 2.05) is 0 Å². The number of hydrogen-bond donors (Lipinski definition) is 3. The van der Waals surface area contributed by atoms with Gasteiger partial charge in [0, 0.05) is 30.8 Å². The molecule has 2 atom stereocenters. The Morgan fingerprint density at radius 3 is 2.58 bits per heavy atom. The molecule has 12 heteroatoms. The number of carboxylic acids is 1. The second kappa shape index (κ2) is 10.4. The molecule has 0 radical (unpaired) electrons. The molecule has 1 amide bonds. The first-order valence-electron chi connectivity index (χ1n) is 12.1. The van der Waals surface area contributed by atoms with E-state index in [0.29, 0.717) is 12.2 Å². The summed E-state index contributed by atoms with van der Waals surface area (Å²) in [5.41, 5.74) is -2.26. The molecule has 0 unspecified atom stereocenters. The Kier molecular flexibility index (Phi) is 7.43. The SMILES string of the molecule is CC[C@@H]1C[C@](Cc2nc(Nc3cc(C)[nH]n3)ccc2F)(C(=O)O)CCN1C(=O)c1ccccc1C(F)(F)F. The molecule has 0 bridgehead atoms. The van der Waals surface area contributed by atoms with Crippen molar-refractivity contribution in [3.05, 3.63) is 70.8 Å². The number of H-pyrrole nitrogens is 1. The fraction of sp³-hybridized carbons (Fsp3) is 0.385. The van der Waals surface area contributed by atoms with E-state index in [4.69, 9.17) is 0 Å². The summed E-state index contributed by atoms with van der Waals surface area (Å²) in [6.45, 7) is 3.44. The summed E-state index contributed by atoms with van der Waals surface area (Å²) >= 11 is 0. The number of likely N-dealkylation sites (tertiary alicyclic amines) is 1. The van der Waals surface area contributed by atoms with Gasteiger partial charge in [-0.15, -0.1) is 0 Å². The molecule has 3 heterocycles. The Morgan fingerprint density at radius 2 is 1.95 bits per heavy atom. The molecule has 1 fully saturated rings. The number of carbonyl (C=O) groups is 2. The fourth-order valence-corrected chi connectivity index (χ4v) is 4.93. The lowest BCUT2D eigenvalue weighted by Crippen LogP contribution is -2.53. The van der Waals surface area contributed by atoms with Gasteiger partial charge >= 0.3 is 12.1 Å². The van der Waals surface area contributed by atoms with Gasteiger partial charge in [0.25, 0.3) is 5.91 Å². The lowest BCUT2D eigenvalue weighted by molar-refractivity contribution is -0.153. The predicted octanol–water partition coefficient (Wildman–Crippen LogP) is 5.34. The van der Waals surface area contributed by atoms with Crippen LogP contribution < -0.4 is 5.32 Å². The van der Waals surface area contributed by atoms with Crippen molar-refractivity contribution in [2.45, 2.75) is 51.7 Å². The van der Waals surface area contributed by atoms with Crippen LogP contribution in [0.25, 0.3) is 0 Å². The number of halogens is 4. The van der Waals surface area contributed by atoms with Crippen LogP contribution in [0, 0.1) is 18.2 Å². The standard InChI is InChI=1S/C26H27F4N5O3/c1-3-16-13-25(24(37)38,10-11-35(16)23(36)17-6-4-5-7-18(17)26(28,29)30)14-20-19(27)8-9-21(31-20)32-22-12-15(2)33-34-22/h4-9,12,16H,3,10-11,13-14H2,1-2H3,(H,37,38)(H2,31,32,33,34)/t16-,25-/m1/s1. The van der Waals surface area contributed by atoms with Crippen LogP contribution in [0.4, 0.5) is 29.2 Å². The van der Waals surface area contributed by atoms with Gasteiger partial charge in [0.15, 0.2) is 5.82 Å². The molecule has 8 nitrogen and oxygen atoms in total. The lowest BCUT2D eigenvalue weighted by Gasteiger charge is -2.44. The van der Waals surface area contributed by atoms with Crippen molar-refractivity contribution in [2.24, 2.45) is 5.41 Å². The van der Waals surface area contributed by atoms with E-state index in [2.05, 4.69) is 20.5 Å². The maximum atomic E-state index is 14.8. The van der Waals surface area contributed by atoms with E-state index in [9.17, 15) is 32.3 Å². The zero-order chi connectivity index (χ0) is 27.7. The molecule has 1 aromatic carbocycles. The van der Waals surface area contributed by atoms with Crippen LogP contribution in [-0.4, -0.2) is 49.7 Å². The number of piperidine rings is 1. The molecule has 202 valence electrons. The van der Waals surface area contributed by atoms with Gasteiger partial charge < -0.3 is 15.3 Å². The third-order valence-electron chi connectivity index (χ3n) is 6.93. The molecule has 0 saturated carbocycles. The number of aromatic amines is 1. The van der Waals surface area contributed by atoms with Crippen molar-refractivity contribution < 1.29 is 32.3 Å². The number of anilines is 2. The smallest absolute Gasteiger partial charge is 0.417 e. The molecule has 1 aliphatic heterocycles.